The van der Waals surface area contributed by atoms with Gasteiger partial charge in [-0.3, -0.25) is 4.79 Å². The molecule has 0 spiro atoms. The Bertz CT molecular complexity index is 909. The topological polar surface area (TPSA) is 99.8 Å². The van der Waals surface area contributed by atoms with Crippen LogP contribution in [0.25, 0.3) is 0 Å². The molecule has 0 saturated heterocycles. The van der Waals surface area contributed by atoms with Crippen molar-refractivity contribution in [3.63, 3.8) is 0 Å². The van der Waals surface area contributed by atoms with Crippen LogP contribution in [0.5, 0.6) is 0 Å². The molecule has 2 unspecified atom stereocenters. The van der Waals surface area contributed by atoms with E-state index in [0.29, 0.717) is 18.3 Å². The molecule has 6 heteroatoms. The quantitative estimate of drug-likeness (QED) is 0.524. The molecule has 30 heavy (non-hydrogen) atoms. The average Bonchev–Trinajstić information content (AvgIpc) is 2.98. The molecule has 0 aromatic heterocycles. The van der Waals surface area contributed by atoms with E-state index in [1.807, 2.05) is 0 Å². The summed E-state index contributed by atoms with van der Waals surface area (Å²) in [6.45, 7) is 3.62. The Labute approximate surface area is 177 Å². The minimum atomic E-state index is -0.781. The first-order valence-electron chi connectivity index (χ1n) is 11.1. The van der Waals surface area contributed by atoms with Crippen molar-refractivity contribution in [2.75, 3.05) is 0 Å². The van der Waals surface area contributed by atoms with Gasteiger partial charge >= 0.3 is 11.9 Å². The summed E-state index contributed by atoms with van der Waals surface area (Å²) in [5.74, 6) is -0.225. The number of aliphatic carboxylic acids is 1. The molecule has 2 fully saturated rings. The van der Waals surface area contributed by atoms with Crippen LogP contribution in [0.2, 0.25) is 0 Å². The number of carbonyl (C=O) groups excluding carboxylic acids is 1. The van der Waals surface area contributed by atoms with Crippen LogP contribution in [0, 0.1) is 34.0 Å². The van der Waals surface area contributed by atoms with Crippen molar-refractivity contribution >= 4 is 17.7 Å². The van der Waals surface area contributed by atoms with Gasteiger partial charge in [-0.15, -0.1) is 0 Å². The number of rotatable bonds is 4. The Morgan fingerprint density at radius 1 is 1.27 bits per heavy atom. The van der Waals surface area contributed by atoms with Crippen molar-refractivity contribution in [2.45, 2.75) is 78.1 Å². The largest absolute Gasteiger partial charge is 0.481 e. The fourth-order valence-corrected chi connectivity index (χ4v) is 7.05. The molecule has 4 aliphatic carbocycles. The first kappa shape index (κ1) is 20.8. The number of hydrogen-bond donors (Lipinski definition) is 1. The van der Waals surface area contributed by atoms with Gasteiger partial charge in [-0.1, -0.05) is 17.7 Å². The molecule has 4 atom stereocenters. The summed E-state index contributed by atoms with van der Waals surface area (Å²) in [6, 6.07) is 2.32. The number of nitrogens with zero attached hydrogens (tertiary/aromatic N) is 2. The van der Waals surface area contributed by atoms with Crippen molar-refractivity contribution in [1.82, 2.24) is 0 Å². The van der Waals surface area contributed by atoms with E-state index in [0.717, 1.165) is 57.1 Å². The fourth-order valence-electron chi connectivity index (χ4n) is 7.05. The van der Waals surface area contributed by atoms with Crippen LogP contribution < -0.4 is 0 Å². The average molecular weight is 411 g/mol. The highest BCUT2D eigenvalue weighted by Crippen LogP contribution is 2.68. The molecule has 0 aromatic rings. The molecule has 160 valence electrons. The number of carbonyl (C=O) groups is 2. The summed E-state index contributed by atoms with van der Waals surface area (Å²) in [6.07, 6.45) is 10.1. The Balaban J connectivity index is 1.64. The van der Waals surface area contributed by atoms with Gasteiger partial charge in [0.25, 0.3) is 0 Å². The van der Waals surface area contributed by atoms with E-state index in [1.165, 1.54) is 18.1 Å². The van der Waals surface area contributed by atoms with E-state index in [1.54, 1.807) is 5.57 Å². The Morgan fingerprint density at radius 2 is 2.07 bits per heavy atom. The molecular formula is C24H30N2O4. The van der Waals surface area contributed by atoms with Gasteiger partial charge in [0.2, 0.25) is 0 Å². The standard InChI is InChI=1S/C24H30N2O4/c1-15(27)30-26-17-4-6-18-16(13-17)3-5-20-19(18)7-9-23(2)21(20)8-10-24(23,11-12-25)14-22(28)29/h13,20-21H,3-11,14H2,1-2H3,(H,28,29)/t20?,21?,23-,24-/m0/s1. The van der Waals surface area contributed by atoms with Gasteiger partial charge in [0.15, 0.2) is 0 Å². The molecule has 2 saturated carbocycles. The third-order valence-corrected chi connectivity index (χ3v) is 8.48. The number of fused-ring (bicyclic) bond motifs is 4. The van der Waals surface area contributed by atoms with Gasteiger partial charge in [0, 0.05) is 13.3 Å². The van der Waals surface area contributed by atoms with Crippen LogP contribution in [-0.4, -0.2) is 22.8 Å². The maximum Gasteiger partial charge on any atom is 0.331 e. The van der Waals surface area contributed by atoms with Crippen molar-refractivity contribution in [1.29, 1.82) is 5.26 Å². The van der Waals surface area contributed by atoms with Gasteiger partial charge in [-0.25, -0.2) is 4.79 Å². The minimum Gasteiger partial charge on any atom is -0.481 e. The maximum absolute atomic E-state index is 11.7. The molecule has 1 N–H and O–H groups in total. The van der Waals surface area contributed by atoms with Crippen molar-refractivity contribution in [3.05, 3.63) is 22.8 Å². The normalized spacial score (nSPS) is 36.3. The van der Waals surface area contributed by atoms with Crippen molar-refractivity contribution < 1.29 is 19.5 Å². The molecule has 0 bridgehead atoms. The monoisotopic (exact) mass is 410 g/mol. The summed E-state index contributed by atoms with van der Waals surface area (Å²) < 4.78 is 0. The van der Waals surface area contributed by atoms with Gasteiger partial charge in [0.05, 0.1) is 18.2 Å². The molecule has 0 radical (unpaired) electrons. The van der Waals surface area contributed by atoms with E-state index >= 15 is 0 Å². The lowest BCUT2D eigenvalue weighted by atomic mass is 9.51. The summed E-state index contributed by atoms with van der Waals surface area (Å²) in [5.41, 5.74) is 4.69. The van der Waals surface area contributed by atoms with Gasteiger partial charge in [0.1, 0.15) is 0 Å². The Morgan fingerprint density at radius 3 is 2.77 bits per heavy atom. The summed E-state index contributed by atoms with van der Waals surface area (Å²) in [5, 5.41) is 23.1. The fraction of sp³-hybridized carbons (Fsp3) is 0.667. The number of nitriles is 1. The van der Waals surface area contributed by atoms with Crippen LogP contribution >= 0.6 is 0 Å². The van der Waals surface area contributed by atoms with E-state index in [4.69, 9.17) is 4.84 Å². The third-order valence-electron chi connectivity index (χ3n) is 8.48. The molecular weight excluding hydrogens is 380 g/mol. The predicted molar refractivity (Wildman–Crippen MR) is 111 cm³/mol. The Hall–Kier alpha value is -2.42. The van der Waals surface area contributed by atoms with E-state index in [9.17, 15) is 20.0 Å². The first-order chi connectivity index (χ1) is 14.3. The van der Waals surface area contributed by atoms with E-state index < -0.39 is 17.4 Å². The molecule has 4 rings (SSSR count). The number of hydrogen-bond acceptors (Lipinski definition) is 5. The number of carboxylic acid groups (broad SMARTS) is 1. The highest BCUT2D eigenvalue weighted by molar-refractivity contribution is 5.97. The highest BCUT2D eigenvalue weighted by atomic mass is 16.7. The summed E-state index contributed by atoms with van der Waals surface area (Å²) in [7, 11) is 0. The zero-order valence-corrected chi connectivity index (χ0v) is 17.9. The summed E-state index contributed by atoms with van der Waals surface area (Å²) >= 11 is 0. The number of allylic oxidation sites excluding steroid dienone is 4. The third kappa shape index (κ3) is 3.29. The highest BCUT2D eigenvalue weighted by Gasteiger charge is 2.61. The van der Waals surface area contributed by atoms with Gasteiger partial charge < -0.3 is 9.94 Å². The Kier molecular flexibility index (Phi) is 5.34. The van der Waals surface area contributed by atoms with Crippen molar-refractivity contribution in [3.8, 4) is 6.07 Å². The van der Waals surface area contributed by atoms with Crippen LogP contribution in [0.4, 0.5) is 0 Å². The molecule has 0 aliphatic heterocycles. The lowest BCUT2D eigenvalue weighted by Crippen LogP contribution is -2.46. The smallest absolute Gasteiger partial charge is 0.331 e. The van der Waals surface area contributed by atoms with Crippen LogP contribution in [0.3, 0.4) is 0 Å². The van der Waals surface area contributed by atoms with E-state index in [2.05, 4.69) is 24.2 Å². The predicted octanol–water partition coefficient (Wildman–Crippen LogP) is 4.92. The second-order valence-electron chi connectivity index (χ2n) is 9.73. The maximum atomic E-state index is 11.7. The number of carboxylic acids is 1. The van der Waals surface area contributed by atoms with Crippen molar-refractivity contribution in [2.24, 2.45) is 27.8 Å². The molecule has 6 nitrogen and oxygen atoms in total. The SMILES string of the molecule is CC(=O)ON=C1C=C2CCC3C(=C2CC1)CC[C@@]1(C)C3CC[C@]1(CC#N)CC(=O)O. The zero-order chi connectivity index (χ0) is 21.5. The summed E-state index contributed by atoms with van der Waals surface area (Å²) in [4.78, 5) is 27.6. The van der Waals surface area contributed by atoms with E-state index in [-0.39, 0.29) is 11.8 Å². The molecule has 4 aliphatic rings. The number of oxime groups is 1. The molecule has 0 amide bonds. The van der Waals surface area contributed by atoms with Crippen LogP contribution in [-0.2, 0) is 14.4 Å². The molecule has 0 heterocycles. The lowest BCUT2D eigenvalue weighted by Gasteiger charge is -2.53. The zero-order valence-electron chi connectivity index (χ0n) is 17.9. The van der Waals surface area contributed by atoms with Gasteiger partial charge in [-0.05, 0) is 91.3 Å². The molecule has 0 aromatic carbocycles. The van der Waals surface area contributed by atoms with Gasteiger partial charge in [-0.2, -0.15) is 5.26 Å². The second kappa shape index (κ2) is 7.68. The van der Waals surface area contributed by atoms with Crippen LogP contribution in [0.1, 0.15) is 78.1 Å². The minimum absolute atomic E-state index is 0.0896. The first-order valence-corrected chi connectivity index (χ1v) is 11.1. The lowest BCUT2D eigenvalue weighted by molar-refractivity contribution is -0.143. The second-order valence-corrected chi connectivity index (χ2v) is 9.73. The van der Waals surface area contributed by atoms with Crippen LogP contribution in [0.15, 0.2) is 28.0 Å².